The van der Waals surface area contributed by atoms with Crippen LogP contribution in [0.15, 0.2) is 23.1 Å². The van der Waals surface area contributed by atoms with E-state index >= 15 is 0 Å². The first-order chi connectivity index (χ1) is 8.65. The fourth-order valence-electron chi connectivity index (χ4n) is 2.52. The maximum Gasteiger partial charge on any atom is 0.0191 e. The molecule has 1 aliphatic carbocycles. The monoisotopic (exact) mass is 263 g/mol. The average molecular weight is 263 g/mol. The van der Waals surface area contributed by atoms with Gasteiger partial charge in [-0.05, 0) is 49.9 Å². The van der Waals surface area contributed by atoms with E-state index in [1.807, 2.05) is 11.8 Å². The number of thioether (sulfide) groups is 1. The lowest BCUT2D eigenvalue weighted by atomic mass is 10.1. The Balaban J connectivity index is 1.78. The van der Waals surface area contributed by atoms with Crippen LogP contribution in [0.4, 0.5) is 0 Å². The van der Waals surface area contributed by atoms with Crippen LogP contribution in [0.25, 0.3) is 0 Å². The van der Waals surface area contributed by atoms with Gasteiger partial charge in [0.05, 0.1) is 0 Å². The highest BCUT2D eigenvalue weighted by molar-refractivity contribution is 8.00. The molecule has 0 amide bonds. The number of hydrogen-bond acceptors (Lipinski definition) is 2. The van der Waals surface area contributed by atoms with Crippen molar-refractivity contribution in [2.75, 3.05) is 6.54 Å². The van der Waals surface area contributed by atoms with E-state index in [0.29, 0.717) is 5.25 Å². The lowest BCUT2D eigenvalue weighted by Gasteiger charge is -2.17. The van der Waals surface area contributed by atoms with Gasteiger partial charge in [0.2, 0.25) is 0 Å². The minimum Gasteiger partial charge on any atom is -0.313 e. The van der Waals surface area contributed by atoms with Gasteiger partial charge in [-0.3, -0.25) is 0 Å². The van der Waals surface area contributed by atoms with Crippen molar-refractivity contribution < 1.29 is 0 Å². The van der Waals surface area contributed by atoms with E-state index in [0.717, 1.165) is 12.6 Å². The lowest BCUT2D eigenvalue weighted by molar-refractivity contribution is 0.527. The van der Waals surface area contributed by atoms with Crippen molar-refractivity contribution in [1.29, 1.82) is 0 Å². The minimum absolute atomic E-state index is 0.646. The van der Waals surface area contributed by atoms with Crippen LogP contribution in [-0.2, 0) is 0 Å². The molecule has 0 aromatic heterocycles. The number of aryl methyl sites for hydroxylation is 2. The Bertz CT molecular complexity index is 383. The van der Waals surface area contributed by atoms with Gasteiger partial charge in [0.1, 0.15) is 0 Å². The average Bonchev–Trinajstić information content (AvgIpc) is 2.84. The van der Waals surface area contributed by atoms with Crippen molar-refractivity contribution in [2.45, 2.75) is 62.6 Å². The largest absolute Gasteiger partial charge is 0.313 e. The summed E-state index contributed by atoms with van der Waals surface area (Å²) in [7, 11) is 0. The molecular weight excluding hydrogens is 238 g/mol. The molecule has 1 aliphatic rings. The highest BCUT2D eigenvalue weighted by Crippen LogP contribution is 2.25. The normalized spacial score (nSPS) is 18.2. The van der Waals surface area contributed by atoms with Gasteiger partial charge in [-0.25, -0.2) is 0 Å². The molecule has 1 N–H and O–H groups in total. The smallest absolute Gasteiger partial charge is 0.0191 e. The molecule has 0 spiro atoms. The van der Waals surface area contributed by atoms with Gasteiger partial charge in [0, 0.05) is 22.7 Å². The van der Waals surface area contributed by atoms with Gasteiger partial charge in [-0.2, -0.15) is 0 Å². The van der Waals surface area contributed by atoms with Crippen LogP contribution >= 0.6 is 11.8 Å². The molecule has 0 aliphatic heterocycles. The van der Waals surface area contributed by atoms with Gasteiger partial charge >= 0.3 is 0 Å². The van der Waals surface area contributed by atoms with Crippen molar-refractivity contribution >= 4 is 11.8 Å². The summed E-state index contributed by atoms with van der Waals surface area (Å²) in [6.45, 7) is 7.82. The SMILES string of the molecule is Cc1ccc(SC(C)CNC2CCCC2)cc1C. The third kappa shape index (κ3) is 4.03. The molecule has 1 saturated carbocycles. The number of benzene rings is 1. The maximum atomic E-state index is 3.71. The van der Waals surface area contributed by atoms with Gasteiger partial charge in [-0.1, -0.05) is 25.8 Å². The summed E-state index contributed by atoms with van der Waals surface area (Å²) in [5, 5.41) is 4.35. The standard InChI is InChI=1S/C16H25NS/c1-12-8-9-16(10-13(12)2)18-14(3)11-17-15-6-4-5-7-15/h8-10,14-15,17H,4-7,11H2,1-3H3. The van der Waals surface area contributed by atoms with E-state index in [-0.39, 0.29) is 0 Å². The Labute approximate surface area is 116 Å². The second-order valence-corrected chi connectivity index (χ2v) is 7.08. The second kappa shape index (κ2) is 6.63. The van der Waals surface area contributed by atoms with Crippen LogP contribution in [0.5, 0.6) is 0 Å². The second-order valence-electron chi connectivity index (χ2n) is 5.56. The molecule has 1 nitrogen and oxygen atoms in total. The van der Waals surface area contributed by atoms with Gasteiger partial charge in [0.25, 0.3) is 0 Å². The summed E-state index contributed by atoms with van der Waals surface area (Å²) in [5.74, 6) is 0. The molecule has 0 bridgehead atoms. The molecule has 1 fully saturated rings. The van der Waals surface area contributed by atoms with Crippen LogP contribution < -0.4 is 5.32 Å². The third-order valence-electron chi connectivity index (χ3n) is 3.86. The Morgan fingerprint density at radius 3 is 2.61 bits per heavy atom. The summed E-state index contributed by atoms with van der Waals surface area (Å²) < 4.78 is 0. The minimum atomic E-state index is 0.646. The zero-order chi connectivity index (χ0) is 13.0. The van der Waals surface area contributed by atoms with Crippen molar-refractivity contribution in [3.63, 3.8) is 0 Å². The maximum absolute atomic E-state index is 3.71. The summed E-state index contributed by atoms with van der Waals surface area (Å²) >= 11 is 1.99. The molecule has 0 heterocycles. The fraction of sp³-hybridized carbons (Fsp3) is 0.625. The van der Waals surface area contributed by atoms with Crippen molar-refractivity contribution in [3.8, 4) is 0 Å². The van der Waals surface area contributed by atoms with Crippen molar-refractivity contribution in [3.05, 3.63) is 29.3 Å². The van der Waals surface area contributed by atoms with E-state index in [9.17, 15) is 0 Å². The molecule has 2 rings (SSSR count). The van der Waals surface area contributed by atoms with E-state index in [4.69, 9.17) is 0 Å². The summed E-state index contributed by atoms with van der Waals surface area (Å²) in [5.41, 5.74) is 2.78. The van der Waals surface area contributed by atoms with Crippen LogP contribution in [0.3, 0.4) is 0 Å². The van der Waals surface area contributed by atoms with Gasteiger partial charge in [0.15, 0.2) is 0 Å². The molecule has 0 radical (unpaired) electrons. The number of hydrogen-bond donors (Lipinski definition) is 1. The topological polar surface area (TPSA) is 12.0 Å². The molecule has 1 aromatic rings. The predicted octanol–water partition coefficient (Wildman–Crippen LogP) is 4.32. The zero-order valence-electron chi connectivity index (χ0n) is 11.8. The van der Waals surface area contributed by atoms with Gasteiger partial charge < -0.3 is 5.32 Å². The van der Waals surface area contributed by atoms with Crippen LogP contribution in [0.1, 0.15) is 43.7 Å². The van der Waals surface area contributed by atoms with Crippen LogP contribution in [0.2, 0.25) is 0 Å². The molecule has 0 saturated heterocycles. The molecule has 18 heavy (non-hydrogen) atoms. The lowest BCUT2D eigenvalue weighted by Crippen LogP contribution is -2.31. The van der Waals surface area contributed by atoms with Crippen LogP contribution in [0, 0.1) is 13.8 Å². The zero-order valence-corrected chi connectivity index (χ0v) is 12.6. The third-order valence-corrected chi connectivity index (χ3v) is 4.96. The first-order valence-electron chi connectivity index (χ1n) is 7.12. The first kappa shape index (κ1) is 14.0. The van der Waals surface area contributed by atoms with E-state index in [1.165, 1.54) is 41.7 Å². The highest BCUT2D eigenvalue weighted by atomic mass is 32.2. The fourth-order valence-corrected chi connectivity index (χ4v) is 3.56. The number of rotatable bonds is 5. The quantitative estimate of drug-likeness (QED) is 0.794. The molecule has 1 atom stereocenters. The molecule has 1 unspecified atom stereocenters. The van der Waals surface area contributed by atoms with Gasteiger partial charge in [-0.15, -0.1) is 11.8 Å². The molecule has 100 valence electrons. The van der Waals surface area contributed by atoms with E-state index in [1.54, 1.807) is 0 Å². The van der Waals surface area contributed by atoms with Crippen LogP contribution in [-0.4, -0.2) is 17.8 Å². The molecule has 1 aromatic carbocycles. The Morgan fingerprint density at radius 2 is 1.94 bits per heavy atom. The number of nitrogens with one attached hydrogen (secondary N) is 1. The Kier molecular flexibility index (Phi) is 5.13. The predicted molar refractivity (Wildman–Crippen MR) is 81.5 cm³/mol. The summed E-state index contributed by atoms with van der Waals surface area (Å²) in [6, 6.07) is 7.58. The molecule has 2 heteroatoms. The van der Waals surface area contributed by atoms with Crippen molar-refractivity contribution in [2.24, 2.45) is 0 Å². The first-order valence-corrected chi connectivity index (χ1v) is 8.00. The Hall–Kier alpha value is -0.470. The molecular formula is C16H25NS. The highest BCUT2D eigenvalue weighted by Gasteiger charge is 2.15. The van der Waals surface area contributed by atoms with Crippen molar-refractivity contribution in [1.82, 2.24) is 5.32 Å². The summed E-state index contributed by atoms with van der Waals surface area (Å²) in [6.07, 6.45) is 5.58. The van der Waals surface area contributed by atoms with E-state index < -0.39 is 0 Å². The Morgan fingerprint density at radius 1 is 1.22 bits per heavy atom. The summed E-state index contributed by atoms with van der Waals surface area (Å²) in [4.78, 5) is 1.40. The van der Waals surface area contributed by atoms with E-state index in [2.05, 4.69) is 44.3 Å².